The first-order chi connectivity index (χ1) is 14.2. The van der Waals surface area contributed by atoms with Gasteiger partial charge in [0.15, 0.2) is 0 Å². The van der Waals surface area contributed by atoms with Gasteiger partial charge in [0.2, 0.25) is 0 Å². The maximum Gasteiger partial charge on any atom is 0.252 e. The molecule has 0 saturated carbocycles. The summed E-state index contributed by atoms with van der Waals surface area (Å²) in [5, 5.41) is 0. The van der Waals surface area contributed by atoms with Crippen LogP contribution in [0.15, 0.2) is 83.9 Å². The molecule has 4 heteroatoms. The zero-order valence-corrected chi connectivity index (χ0v) is 16.7. The number of benzene rings is 3. The number of aliphatic imine (C=N–C) groups is 1. The van der Waals surface area contributed by atoms with Crippen LogP contribution in [-0.2, 0) is 11.2 Å². The maximum atomic E-state index is 13.4. The monoisotopic (exact) mass is 384 g/mol. The van der Waals surface area contributed by atoms with E-state index in [4.69, 9.17) is 9.73 Å². The highest BCUT2D eigenvalue weighted by Crippen LogP contribution is 2.29. The van der Waals surface area contributed by atoms with Gasteiger partial charge in [0.1, 0.15) is 11.8 Å². The van der Waals surface area contributed by atoms with Crippen molar-refractivity contribution in [1.29, 1.82) is 0 Å². The molecule has 3 aromatic carbocycles. The second-order valence-electron chi connectivity index (χ2n) is 7.01. The SMILES string of the molecule is CCN1C(=O)[C@H](Cc2ccccc2)N=C(c2ccc(OC)cc2)c2ccccc21. The number of carbonyl (C=O) groups excluding carboxylic acids is 1. The smallest absolute Gasteiger partial charge is 0.252 e. The molecular formula is C25H24N2O2. The number of carbonyl (C=O) groups is 1. The van der Waals surface area contributed by atoms with Crippen LogP contribution in [-0.4, -0.2) is 31.3 Å². The lowest BCUT2D eigenvalue weighted by Gasteiger charge is -2.23. The van der Waals surface area contributed by atoms with E-state index in [2.05, 4.69) is 0 Å². The summed E-state index contributed by atoms with van der Waals surface area (Å²) in [5.74, 6) is 0.829. The molecule has 0 saturated heterocycles. The molecule has 146 valence electrons. The number of hydrogen-bond acceptors (Lipinski definition) is 3. The summed E-state index contributed by atoms with van der Waals surface area (Å²) in [4.78, 5) is 20.3. The van der Waals surface area contributed by atoms with Gasteiger partial charge in [-0.1, -0.05) is 48.5 Å². The molecule has 0 N–H and O–H groups in total. The number of ether oxygens (including phenoxy) is 1. The van der Waals surface area contributed by atoms with Crippen LogP contribution < -0.4 is 9.64 Å². The van der Waals surface area contributed by atoms with Crippen LogP contribution in [0.3, 0.4) is 0 Å². The largest absolute Gasteiger partial charge is 0.497 e. The number of hydrogen-bond donors (Lipinski definition) is 0. The van der Waals surface area contributed by atoms with Crippen molar-refractivity contribution in [3.05, 3.63) is 95.6 Å². The quantitative estimate of drug-likeness (QED) is 0.649. The lowest BCUT2D eigenvalue weighted by Crippen LogP contribution is -2.38. The van der Waals surface area contributed by atoms with Crippen LogP contribution in [0.4, 0.5) is 5.69 Å². The van der Waals surface area contributed by atoms with E-state index >= 15 is 0 Å². The predicted molar refractivity (Wildman–Crippen MR) is 117 cm³/mol. The van der Waals surface area contributed by atoms with Gasteiger partial charge in [-0.05, 0) is 42.8 Å². The average molecular weight is 384 g/mol. The minimum Gasteiger partial charge on any atom is -0.497 e. The molecule has 0 aromatic heterocycles. The minimum absolute atomic E-state index is 0.0346. The van der Waals surface area contributed by atoms with E-state index < -0.39 is 6.04 Å². The van der Waals surface area contributed by atoms with Crippen LogP contribution in [0.1, 0.15) is 23.6 Å². The fourth-order valence-electron chi connectivity index (χ4n) is 3.76. The number of benzodiazepines with no additional fused rings is 1. The standard InChI is InChI=1S/C25H24N2O2/c1-3-27-23-12-8-7-11-21(23)24(19-13-15-20(29-2)16-14-19)26-22(25(27)28)17-18-9-5-4-6-10-18/h4-16,22H,3,17H2,1-2H3/t22-/m0/s1. The summed E-state index contributed by atoms with van der Waals surface area (Å²) < 4.78 is 5.30. The summed E-state index contributed by atoms with van der Waals surface area (Å²) in [5.41, 5.74) is 4.80. The van der Waals surface area contributed by atoms with Crippen molar-refractivity contribution < 1.29 is 9.53 Å². The van der Waals surface area contributed by atoms with E-state index in [1.165, 1.54) is 0 Å². The third-order valence-electron chi connectivity index (χ3n) is 5.24. The summed E-state index contributed by atoms with van der Waals surface area (Å²) in [7, 11) is 1.65. The Morgan fingerprint density at radius 1 is 0.931 bits per heavy atom. The summed E-state index contributed by atoms with van der Waals surface area (Å²) in [6.45, 7) is 2.61. The Balaban J connectivity index is 1.85. The van der Waals surface area contributed by atoms with Gasteiger partial charge in [0, 0.05) is 24.1 Å². The Labute approximate surface area is 171 Å². The summed E-state index contributed by atoms with van der Waals surface area (Å²) in [6, 6.07) is 25.5. The average Bonchev–Trinajstić information content (AvgIpc) is 2.89. The zero-order chi connectivity index (χ0) is 20.2. The molecule has 29 heavy (non-hydrogen) atoms. The number of rotatable bonds is 5. The Hall–Kier alpha value is -3.40. The summed E-state index contributed by atoms with van der Waals surface area (Å²) >= 11 is 0. The van der Waals surface area contributed by atoms with Crippen LogP contribution in [0.5, 0.6) is 5.75 Å². The molecule has 0 aliphatic carbocycles. The molecular weight excluding hydrogens is 360 g/mol. The molecule has 0 radical (unpaired) electrons. The van der Waals surface area contributed by atoms with Crippen molar-refractivity contribution in [3.8, 4) is 5.75 Å². The molecule has 1 aliphatic heterocycles. The highest BCUT2D eigenvalue weighted by atomic mass is 16.5. The Bertz CT molecular complexity index is 1030. The molecule has 1 atom stereocenters. The molecule has 4 nitrogen and oxygen atoms in total. The molecule has 4 rings (SSSR count). The number of anilines is 1. The molecule has 0 fully saturated rings. The number of para-hydroxylation sites is 1. The second-order valence-corrected chi connectivity index (χ2v) is 7.01. The van der Waals surface area contributed by atoms with Gasteiger partial charge >= 0.3 is 0 Å². The molecule has 1 amide bonds. The zero-order valence-electron chi connectivity index (χ0n) is 16.7. The number of fused-ring (bicyclic) bond motifs is 1. The molecule has 0 spiro atoms. The first-order valence-electron chi connectivity index (χ1n) is 9.88. The molecule has 3 aromatic rings. The molecule has 1 aliphatic rings. The lowest BCUT2D eigenvalue weighted by atomic mass is 10.00. The van der Waals surface area contributed by atoms with Gasteiger partial charge in [-0.25, -0.2) is 0 Å². The van der Waals surface area contributed by atoms with E-state index in [9.17, 15) is 4.79 Å². The fourth-order valence-corrected chi connectivity index (χ4v) is 3.76. The highest BCUT2D eigenvalue weighted by Gasteiger charge is 2.31. The van der Waals surface area contributed by atoms with Gasteiger partial charge in [-0.3, -0.25) is 9.79 Å². The Kier molecular flexibility index (Phi) is 5.43. The van der Waals surface area contributed by atoms with Crippen molar-refractivity contribution in [2.24, 2.45) is 4.99 Å². The molecule has 0 bridgehead atoms. The molecule has 0 unspecified atom stereocenters. The third-order valence-corrected chi connectivity index (χ3v) is 5.24. The van der Waals surface area contributed by atoms with Gasteiger partial charge in [-0.15, -0.1) is 0 Å². The number of nitrogens with zero attached hydrogens (tertiary/aromatic N) is 2. The lowest BCUT2D eigenvalue weighted by molar-refractivity contribution is -0.119. The van der Waals surface area contributed by atoms with Crippen LogP contribution >= 0.6 is 0 Å². The molecule has 1 heterocycles. The van der Waals surface area contributed by atoms with Crippen molar-refractivity contribution >= 4 is 17.3 Å². The third kappa shape index (κ3) is 3.79. The van der Waals surface area contributed by atoms with Crippen molar-refractivity contribution in [2.45, 2.75) is 19.4 Å². The number of amides is 1. The number of likely N-dealkylation sites (N-methyl/N-ethyl adjacent to an activating group) is 1. The van der Waals surface area contributed by atoms with Crippen LogP contribution in [0, 0.1) is 0 Å². The van der Waals surface area contributed by atoms with E-state index in [1.54, 1.807) is 7.11 Å². The van der Waals surface area contributed by atoms with Gasteiger partial charge in [-0.2, -0.15) is 0 Å². The van der Waals surface area contributed by atoms with Gasteiger partial charge in [0.05, 0.1) is 18.5 Å². The first kappa shape index (κ1) is 18.9. The normalized spacial score (nSPS) is 16.1. The highest BCUT2D eigenvalue weighted by molar-refractivity contribution is 6.20. The van der Waals surface area contributed by atoms with E-state index in [0.29, 0.717) is 13.0 Å². The van der Waals surface area contributed by atoms with Crippen LogP contribution in [0.25, 0.3) is 0 Å². The van der Waals surface area contributed by atoms with Gasteiger partial charge < -0.3 is 9.64 Å². The van der Waals surface area contributed by atoms with E-state index in [1.807, 2.05) is 90.7 Å². The van der Waals surface area contributed by atoms with E-state index in [-0.39, 0.29) is 5.91 Å². The number of methoxy groups -OCH3 is 1. The first-order valence-corrected chi connectivity index (χ1v) is 9.88. The van der Waals surface area contributed by atoms with Crippen molar-refractivity contribution in [3.63, 3.8) is 0 Å². The van der Waals surface area contributed by atoms with Crippen molar-refractivity contribution in [2.75, 3.05) is 18.6 Å². The summed E-state index contributed by atoms with van der Waals surface area (Å²) in [6.07, 6.45) is 0.573. The van der Waals surface area contributed by atoms with Gasteiger partial charge in [0.25, 0.3) is 5.91 Å². The fraction of sp³-hybridized carbons (Fsp3) is 0.200. The predicted octanol–water partition coefficient (Wildman–Crippen LogP) is 4.51. The van der Waals surface area contributed by atoms with E-state index in [0.717, 1.165) is 33.8 Å². The Morgan fingerprint density at radius 2 is 1.62 bits per heavy atom. The minimum atomic E-state index is -0.471. The maximum absolute atomic E-state index is 13.4. The van der Waals surface area contributed by atoms with Crippen LogP contribution in [0.2, 0.25) is 0 Å². The Morgan fingerprint density at radius 3 is 2.31 bits per heavy atom. The van der Waals surface area contributed by atoms with Crippen molar-refractivity contribution in [1.82, 2.24) is 0 Å². The second kappa shape index (κ2) is 8.31. The topological polar surface area (TPSA) is 41.9 Å².